The van der Waals surface area contributed by atoms with Crippen molar-refractivity contribution in [2.24, 2.45) is 0 Å². The molecule has 0 aliphatic rings. The van der Waals surface area contributed by atoms with E-state index in [1.54, 1.807) is 30.3 Å². The molecule has 28 heavy (non-hydrogen) atoms. The molecule has 0 N–H and O–H groups in total. The first kappa shape index (κ1) is 19.5. The first-order valence-electron chi connectivity index (χ1n) is 7.98. The van der Waals surface area contributed by atoms with Crippen LogP contribution in [0.1, 0.15) is 22.3 Å². The number of allylic oxidation sites excluding steroid dienone is 1. The van der Waals surface area contributed by atoms with E-state index in [1.807, 2.05) is 18.2 Å². The maximum atomic E-state index is 13.0. The summed E-state index contributed by atoms with van der Waals surface area (Å²) in [4.78, 5) is 0. The molecule has 0 amide bonds. The molecule has 0 aliphatic heterocycles. The monoisotopic (exact) mass is 391 g/mol. The highest BCUT2D eigenvalue weighted by atomic mass is 19.4. The second-order valence-corrected chi connectivity index (χ2v) is 6.07. The third-order valence-electron chi connectivity index (χ3n) is 4.10. The molecule has 0 aromatic heterocycles. The van der Waals surface area contributed by atoms with E-state index in [9.17, 15) is 31.6 Å². The lowest BCUT2D eigenvalue weighted by Gasteiger charge is -2.14. The fourth-order valence-electron chi connectivity index (χ4n) is 2.75. The Morgan fingerprint density at radius 2 is 1.32 bits per heavy atom. The molecule has 0 saturated heterocycles. The van der Waals surface area contributed by atoms with E-state index < -0.39 is 29.0 Å². The van der Waals surface area contributed by atoms with Gasteiger partial charge in [0.15, 0.2) is 0 Å². The smallest absolute Gasteiger partial charge is 0.192 e. The molecule has 0 atom stereocenters. The van der Waals surface area contributed by atoms with E-state index in [0.717, 1.165) is 10.8 Å². The highest BCUT2D eigenvalue weighted by molar-refractivity contribution is 5.92. The van der Waals surface area contributed by atoms with Crippen molar-refractivity contribution in [2.75, 3.05) is 0 Å². The predicted molar refractivity (Wildman–Crippen MR) is 93.9 cm³/mol. The van der Waals surface area contributed by atoms with Gasteiger partial charge in [-0.25, -0.2) is 0 Å². The number of fused-ring (bicyclic) bond motifs is 1. The van der Waals surface area contributed by atoms with Crippen LogP contribution in [0.2, 0.25) is 0 Å². The van der Waals surface area contributed by atoms with E-state index in [0.29, 0.717) is 17.7 Å². The summed E-state index contributed by atoms with van der Waals surface area (Å²) in [6.45, 7) is 0. The fourth-order valence-corrected chi connectivity index (χ4v) is 2.75. The highest BCUT2D eigenvalue weighted by Crippen LogP contribution is 2.37. The second-order valence-electron chi connectivity index (χ2n) is 6.07. The normalized spacial score (nSPS) is 12.8. The minimum absolute atomic E-state index is 0.0362. The Morgan fingerprint density at radius 3 is 1.86 bits per heavy atom. The Morgan fingerprint density at radius 1 is 0.750 bits per heavy atom. The standard InChI is InChI=1S/C21H11F6N/c22-20(23,24)18-9-16(10-19(11-18)21(25,26)27)17(12-28)8-13-5-6-14-3-1-2-4-15(14)7-13/h1-11H/b17-8+. The summed E-state index contributed by atoms with van der Waals surface area (Å²) in [5.41, 5.74) is -3.18. The quantitative estimate of drug-likeness (QED) is 0.264. The Kier molecular flexibility index (Phi) is 4.90. The van der Waals surface area contributed by atoms with Crippen LogP contribution < -0.4 is 0 Å². The lowest BCUT2D eigenvalue weighted by molar-refractivity contribution is -0.143. The van der Waals surface area contributed by atoms with Gasteiger partial charge >= 0.3 is 12.4 Å². The molecule has 3 aromatic rings. The Balaban J connectivity index is 2.15. The van der Waals surface area contributed by atoms with Crippen LogP contribution in [0.5, 0.6) is 0 Å². The zero-order valence-corrected chi connectivity index (χ0v) is 14.1. The van der Waals surface area contributed by atoms with Crippen molar-refractivity contribution in [2.45, 2.75) is 12.4 Å². The van der Waals surface area contributed by atoms with Crippen LogP contribution in [0.3, 0.4) is 0 Å². The van der Waals surface area contributed by atoms with Gasteiger partial charge in [-0.2, -0.15) is 31.6 Å². The largest absolute Gasteiger partial charge is 0.416 e. The molecule has 0 unspecified atom stereocenters. The molecule has 0 saturated carbocycles. The molecule has 0 fully saturated rings. The second kappa shape index (κ2) is 7.04. The summed E-state index contributed by atoms with van der Waals surface area (Å²) in [6, 6.07) is 15.2. The van der Waals surface area contributed by atoms with Crippen LogP contribution in [0.4, 0.5) is 26.3 Å². The average Bonchev–Trinajstić information content (AvgIpc) is 2.64. The summed E-state index contributed by atoms with van der Waals surface area (Å²) in [5, 5.41) is 11.1. The molecule has 3 rings (SSSR count). The Hall–Kier alpha value is -3.27. The zero-order chi connectivity index (χ0) is 20.5. The molecule has 0 aliphatic carbocycles. The Labute approximate surface area is 156 Å². The molecular formula is C21H11F6N. The van der Waals surface area contributed by atoms with Crippen molar-refractivity contribution in [1.29, 1.82) is 5.26 Å². The summed E-state index contributed by atoms with van der Waals surface area (Å²) < 4.78 is 78.2. The minimum atomic E-state index is -4.97. The number of hydrogen-bond acceptors (Lipinski definition) is 1. The Bertz CT molecular complexity index is 1070. The number of benzene rings is 3. The van der Waals surface area contributed by atoms with Gasteiger partial charge in [-0.15, -0.1) is 0 Å². The maximum absolute atomic E-state index is 13.0. The molecular weight excluding hydrogens is 380 g/mol. The molecule has 0 heterocycles. The van der Waals surface area contributed by atoms with Crippen LogP contribution in [0.25, 0.3) is 22.4 Å². The number of halogens is 6. The molecule has 7 heteroatoms. The van der Waals surface area contributed by atoms with Crippen molar-refractivity contribution in [3.05, 3.63) is 82.9 Å². The van der Waals surface area contributed by atoms with Gasteiger partial charge in [0, 0.05) is 0 Å². The topological polar surface area (TPSA) is 23.8 Å². The van der Waals surface area contributed by atoms with Crippen LogP contribution in [0, 0.1) is 11.3 Å². The highest BCUT2D eigenvalue weighted by Gasteiger charge is 2.37. The minimum Gasteiger partial charge on any atom is -0.192 e. The zero-order valence-electron chi connectivity index (χ0n) is 14.1. The van der Waals surface area contributed by atoms with Crippen molar-refractivity contribution in [1.82, 2.24) is 0 Å². The predicted octanol–water partition coefficient (Wildman–Crippen LogP) is 6.94. The number of nitriles is 1. The SMILES string of the molecule is N#C/C(=C\c1ccc2ccccc2c1)c1cc(C(F)(F)F)cc(C(F)(F)F)c1. The van der Waals surface area contributed by atoms with Gasteiger partial charge < -0.3 is 0 Å². The van der Waals surface area contributed by atoms with Crippen molar-refractivity contribution < 1.29 is 26.3 Å². The van der Waals surface area contributed by atoms with Gasteiger partial charge in [0.2, 0.25) is 0 Å². The van der Waals surface area contributed by atoms with E-state index >= 15 is 0 Å². The lowest BCUT2D eigenvalue weighted by Crippen LogP contribution is -2.11. The number of nitrogens with zero attached hydrogens (tertiary/aromatic N) is 1. The van der Waals surface area contributed by atoms with E-state index in [4.69, 9.17) is 0 Å². The third-order valence-corrected chi connectivity index (χ3v) is 4.10. The lowest BCUT2D eigenvalue weighted by atomic mass is 9.97. The van der Waals surface area contributed by atoms with Crippen LogP contribution in [0.15, 0.2) is 60.7 Å². The van der Waals surface area contributed by atoms with Crippen LogP contribution >= 0.6 is 0 Å². The van der Waals surface area contributed by atoms with Crippen molar-refractivity contribution in [3.63, 3.8) is 0 Å². The van der Waals surface area contributed by atoms with Gasteiger partial charge in [0.25, 0.3) is 0 Å². The van der Waals surface area contributed by atoms with Gasteiger partial charge in [0.05, 0.1) is 22.8 Å². The average molecular weight is 391 g/mol. The number of rotatable bonds is 2. The molecule has 1 nitrogen and oxygen atoms in total. The van der Waals surface area contributed by atoms with E-state index in [2.05, 4.69) is 0 Å². The van der Waals surface area contributed by atoms with Crippen LogP contribution in [-0.2, 0) is 12.4 Å². The summed E-state index contributed by atoms with van der Waals surface area (Å²) in [7, 11) is 0. The number of alkyl halides is 6. The van der Waals surface area contributed by atoms with Gasteiger partial charge in [-0.1, -0.05) is 36.4 Å². The summed E-state index contributed by atoms with van der Waals surface area (Å²) >= 11 is 0. The molecule has 0 radical (unpaired) electrons. The van der Waals surface area contributed by atoms with Gasteiger partial charge in [-0.05, 0) is 52.2 Å². The molecule has 0 spiro atoms. The van der Waals surface area contributed by atoms with E-state index in [1.165, 1.54) is 6.08 Å². The summed E-state index contributed by atoms with van der Waals surface area (Å²) in [6.07, 6.45) is -8.68. The molecule has 142 valence electrons. The van der Waals surface area contributed by atoms with Crippen molar-refractivity contribution in [3.8, 4) is 6.07 Å². The maximum Gasteiger partial charge on any atom is 0.416 e. The molecule has 0 bridgehead atoms. The first-order valence-corrected chi connectivity index (χ1v) is 7.98. The summed E-state index contributed by atoms with van der Waals surface area (Å²) in [5.74, 6) is 0. The number of hydrogen-bond donors (Lipinski definition) is 0. The van der Waals surface area contributed by atoms with Gasteiger partial charge in [-0.3, -0.25) is 0 Å². The fraction of sp³-hybridized carbons (Fsp3) is 0.0952. The molecule has 3 aromatic carbocycles. The van der Waals surface area contributed by atoms with E-state index in [-0.39, 0.29) is 11.6 Å². The first-order chi connectivity index (χ1) is 13.1. The van der Waals surface area contributed by atoms with Gasteiger partial charge in [0.1, 0.15) is 0 Å². The third kappa shape index (κ3) is 4.17. The van der Waals surface area contributed by atoms with Crippen LogP contribution in [-0.4, -0.2) is 0 Å². The van der Waals surface area contributed by atoms with Crippen molar-refractivity contribution >= 4 is 22.4 Å².